The summed E-state index contributed by atoms with van der Waals surface area (Å²) >= 11 is 0. The van der Waals surface area contributed by atoms with E-state index >= 15 is 0 Å². The van der Waals surface area contributed by atoms with E-state index in [2.05, 4.69) is 172 Å². The molecule has 0 saturated heterocycles. The maximum atomic E-state index is 12.9. The van der Waals surface area contributed by atoms with Crippen molar-refractivity contribution in [2.45, 2.75) is 315 Å². The Balaban J connectivity index is 4.03. The van der Waals surface area contributed by atoms with Crippen LogP contribution >= 0.6 is 7.82 Å². The number of rotatable bonds is 69. The first-order valence-electron chi connectivity index (χ1n) is 38.2. The van der Waals surface area contributed by atoms with Crippen molar-refractivity contribution in [1.29, 1.82) is 0 Å². The minimum absolute atomic E-state index is 0.0256. The largest absolute Gasteiger partial charge is 0.472 e. The Bertz CT molecular complexity index is 2150. The van der Waals surface area contributed by atoms with Crippen molar-refractivity contribution < 1.29 is 42.1 Å². The zero-order valence-corrected chi connectivity index (χ0v) is 62.0. The van der Waals surface area contributed by atoms with Gasteiger partial charge in [-0.2, -0.15) is 0 Å². The van der Waals surface area contributed by atoms with Crippen LogP contribution in [0.4, 0.5) is 0 Å². The van der Waals surface area contributed by atoms with E-state index in [4.69, 9.17) is 18.5 Å². The zero-order valence-electron chi connectivity index (χ0n) is 61.1. The summed E-state index contributed by atoms with van der Waals surface area (Å²) in [5.74, 6) is -0.799. The molecule has 0 bridgehead atoms. The van der Waals surface area contributed by atoms with E-state index in [-0.39, 0.29) is 32.0 Å². The van der Waals surface area contributed by atoms with Crippen LogP contribution in [-0.4, -0.2) is 74.9 Å². The molecule has 0 aliphatic carbocycles. The lowest BCUT2D eigenvalue weighted by atomic mass is 10.0. The predicted molar refractivity (Wildman–Crippen MR) is 408 cm³/mol. The van der Waals surface area contributed by atoms with Gasteiger partial charge >= 0.3 is 19.8 Å². The number of quaternary nitrogens is 1. The quantitative estimate of drug-likeness (QED) is 0.0211. The molecule has 94 heavy (non-hydrogen) atoms. The van der Waals surface area contributed by atoms with Gasteiger partial charge in [0, 0.05) is 12.8 Å². The highest BCUT2D eigenvalue weighted by Crippen LogP contribution is 2.43. The van der Waals surface area contributed by atoms with Crippen molar-refractivity contribution in [2.75, 3.05) is 47.5 Å². The topological polar surface area (TPSA) is 108 Å². The van der Waals surface area contributed by atoms with E-state index in [1.165, 1.54) is 148 Å². The second kappa shape index (κ2) is 72.9. The van der Waals surface area contributed by atoms with Crippen LogP contribution in [0.2, 0.25) is 0 Å². The third-order valence-corrected chi connectivity index (χ3v) is 17.0. The molecule has 0 fully saturated rings. The molecule has 2 atom stereocenters. The third-order valence-electron chi connectivity index (χ3n) is 16.1. The molecule has 0 rings (SSSR count). The molecule has 0 aliphatic heterocycles. The van der Waals surface area contributed by atoms with Crippen LogP contribution in [0, 0.1) is 0 Å². The standard InChI is InChI=1S/C84H142NO8P/c1-6-8-10-12-14-16-18-20-22-24-26-28-30-32-34-36-38-40-41-42-43-45-46-48-50-52-54-56-58-60-62-64-66-68-70-72-74-76-83(86)90-80-82(81-92-94(88,89)91-79-78-85(3,4)5)93-84(87)77-75-73-71-69-67-65-63-61-59-57-55-53-51-49-47-44-39-37-35-33-31-29-27-25-23-21-19-17-15-13-11-9-7-2/h8-11,14-17,20-23,26-29,32-35,38-40,44,49,51,82H,6-7,12-13,18-19,24-25,30-31,36-37,41-43,45-48,50,52-81H2,1-5H3/p+1/b10-8-,11-9-,16-14-,17-15-,22-20-,23-21-,28-26-,29-27-,34-32-,35-33-,40-38-,44-39-,51-49-. The second-order valence-electron chi connectivity index (χ2n) is 26.3. The highest BCUT2D eigenvalue weighted by molar-refractivity contribution is 7.47. The molecular formula is C84H143NO8P+. The minimum Gasteiger partial charge on any atom is -0.462 e. The van der Waals surface area contributed by atoms with Gasteiger partial charge in [-0.05, 0) is 122 Å². The number of unbranched alkanes of at least 4 members (excludes halogenated alkanes) is 29. The molecule has 0 aromatic carbocycles. The van der Waals surface area contributed by atoms with E-state index < -0.39 is 26.5 Å². The first kappa shape index (κ1) is 89.6. The number of carbonyl (C=O) groups is 2. The molecular weight excluding hydrogens is 1180 g/mol. The summed E-state index contributed by atoms with van der Waals surface area (Å²) in [4.78, 5) is 36.0. The third kappa shape index (κ3) is 76.6. The van der Waals surface area contributed by atoms with Crippen molar-refractivity contribution in [2.24, 2.45) is 0 Å². The SMILES string of the molecule is CC/C=C\C/C=C\C/C=C\C/C=C\C/C=C\C/C=C\C/C=C\CCCCCCCCCCCCCC(=O)OC(COC(=O)CCCCCCCCCCCCCCCCCCCC/C=C\C/C=C\C/C=C\C/C=C\C/C=C\C/C=C\CC)COP(=O)(O)OCC[N+](C)(C)C. The number of ether oxygens (including phenoxy) is 2. The van der Waals surface area contributed by atoms with E-state index in [0.717, 1.165) is 128 Å². The second-order valence-corrected chi connectivity index (χ2v) is 27.7. The Kier molecular flexibility index (Phi) is 69.5. The van der Waals surface area contributed by atoms with E-state index in [1.54, 1.807) is 0 Å². The van der Waals surface area contributed by atoms with Crippen LogP contribution in [0.15, 0.2) is 158 Å². The maximum absolute atomic E-state index is 12.9. The Labute approximate surface area is 579 Å². The average molecular weight is 1330 g/mol. The zero-order chi connectivity index (χ0) is 68.3. The van der Waals surface area contributed by atoms with Crippen molar-refractivity contribution >= 4 is 19.8 Å². The molecule has 0 saturated carbocycles. The van der Waals surface area contributed by atoms with Gasteiger partial charge in [0.05, 0.1) is 27.7 Å². The predicted octanol–water partition coefficient (Wildman–Crippen LogP) is 25.5. The molecule has 9 nitrogen and oxygen atoms in total. The first-order chi connectivity index (χ1) is 46.0. The lowest BCUT2D eigenvalue weighted by molar-refractivity contribution is -0.870. The number of hydrogen-bond acceptors (Lipinski definition) is 7. The number of phosphoric ester groups is 1. The van der Waals surface area contributed by atoms with Gasteiger partial charge in [0.2, 0.25) is 0 Å². The van der Waals surface area contributed by atoms with E-state index in [9.17, 15) is 19.0 Å². The summed E-state index contributed by atoms with van der Waals surface area (Å²) in [7, 11) is 1.47. The first-order valence-corrected chi connectivity index (χ1v) is 39.7. The van der Waals surface area contributed by atoms with Crippen LogP contribution in [0.5, 0.6) is 0 Å². The molecule has 0 amide bonds. The van der Waals surface area contributed by atoms with Gasteiger partial charge < -0.3 is 18.9 Å². The highest BCUT2D eigenvalue weighted by Gasteiger charge is 2.27. The lowest BCUT2D eigenvalue weighted by Crippen LogP contribution is -2.37. The lowest BCUT2D eigenvalue weighted by Gasteiger charge is -2.24. The van der Waals surface area contributed by atoms with Crippen molar-refractivity contribution in [3.8, 4) is 0 Å². The summed E-state index contributed by atoms with van der Waals surface area (Å²) in [6, 6.07) is 0. The minimum atomic E-state index is -4.40. The van der Waals surface area contributed by atoms with E-state index in [0.29, 0.717) is 17.4 Å². The summed E-state index contributed by atoms with van der Waals surface area (Å²) in [6.07, 6.45) is 109. The summed E-state index contributed by atoms with van der Waals surface area (Å²) < 4.78 is 34.8. The Morgan fingerprint density at radius 3 is 0.851 bits per heavy atom. The van der Waals surface area contributed by atoms with E-state index in [1.807, 2.05) is 21.1 Å². The molecule has 2 unspecified atom stereocenters. The molecule has 0 spiro atoms. The van der Waals surface area contributed by atoms with Crippen LogP contribution < -0.4 is 0 Å². The fourth-order valence-electron chi connectivity index (χ4n) is 10.3. The van der Waals surface area contributed by atoms with Crippen LogP contribution in [0.3, 0.4) is 0 Å². The monoisotopic (exact) mass is 1330 g/mol. The normalized spacial score (nSPS) is 14.0. The molecule has 0 aromatic rings. The Hall–Kier alpha value is -4.37. The number of esters is 2. The van der Waals surface area contributed by atoms with Gasteiger partial charge in [0.15, 0.2) is 6.10 Å². The van der Waals surface area contributed by atoms with Gasteiger partial charge in [-0.25, -0.2) is 4.57 Å². The molecule has 0 heterocycles. The number of allylic oxidation sites excluding steroid dienone is 26. The number of likely N-dealkylation sites (N-methyl/N-ethyl adjacent to an activating group) is 1. The Morgan fingerprint density at radius 2 is 0.574 bits per heavy atom. The molecule has 0 radical (unpaired) electrons. The highest BCUT2D eigenvalue weighted by atomic mass is 31.2. The van der Waals surface area contributed by atoms with Gasteiger partial charge in [-0.1, -0.05) is 332 Å². The van der Waals surface area contributed by atoms with Crippen LogP contribution in [0.1, 0.15) is 309 Å². The average Bonchev–Trinajstić information content (AvgIpc) is 1.56. The summed E-state index contributed by atoms with van der Waals surface area (Å²) in [6.45, 7) is 4.22. The smallest absolute Gasteiger partial charge is 0.462 e. The van der Waals surface area contributed by atoms with Crippen molar-refractivity contribution in [1.82, 2.24) is 0 Å². The van der Waals surface area contributed by atoms with Crippen LogP contribution in [-0.2, 0) is 32.7 Å². The fourth-order valence-corrected chi connectivity index (χ4v) is 11.0. The number of hydrogen-bond donors (Lipinski definition) is 1. The summed E-state index contributed by atoms with van der Waals surface area (Å²) in [5.41, 5.74) is 0. The van der Waals surface area contributed by atoms with Crippen molar-refractivity contribution in [3.63, 3.8) is 0 Å². The van der Waals surface area contributed by atoms with Gasteiger partial charge in [-0.3, -0.25) is 18.6 Å². The Morgan fingerprint density at radius 1 is 0.330 bits per heavy atom. The molecule has 10 heteroatoms. The molecule has 0 aromatic heterocycles. The van der Waals surface area contributed by atoms with Crippen molar-refractivity contribution in [3.05, 3.63) is 158 Å². The van der Waals surface area contributed by atoms with Gasteiger partial charge in [-0.15, -0.1) is 0 Å². The van der Waals surface area contributed by atoms with Gasteiger partial charge in [0.1, 0.15) is 19.8 Å². The molecule has 1 N–H and O–H groups in total. The summed E-state index contributed by atoms with van der Waals surface area (Å²) in [5, 5.41) is 0. The van der Waals surface area contributed by atoms with Gasteiger partial charge in [0.25, 0.3) is 0 Å². The fraction of sp³-hybridized carbons (Fsp3) is 0.667. The maximum Gasteiger partial charge on any atom is 0.472 e. The number of carbonyl (C=O) groups excluding carboxylic acids is 2. The number of phosphoric acid groups is 1. The number of nitrogens with zero attached hydrogens (tertiary/aromatic N) is 1. The molecule has 0 aliphatic rings. The molecule has 536 valence electrons. The van der Waals surface area contributed by atoms with Crippen LogP contribution in [0.25, 0.3) is 0 Å².